The van der Waals surface area contributed by atoms with Crippen LogP contribution in [0.25, 0.3) is 10.9 Å². The highest BCUT2D eigenvalue weighted by Gasteiger charge is 2.43. The molecule has 3 aliphatic heterocycles. The van der Waals surface area contributed by atoms with Gasteiger partial charge in [0.25, 0.3) is 0 Å². The Morgan fingerprint density at radius 1 is 1.19 bits per heavy atom. The van der Waals surface area contributed by atoms with Gasteiger partial charge in [0.05, 0.1) is 25.3 Å². The van der Waals surface area contributed by atoms with Crippen molar-refractivity contribution in [1.29, 1.82) is 0 Å². The molecule has 5 atom stereocenters. The van der Waals surface area contributed by atoms with Crippen molar-refractivity contribution < 1.29 is 9.47 Å². The van der Waals surface area contributed by atoms with Crippen molar-refractivity contribution in [3.63, 3.8) is 0 Å². The van der Waals surface area contributed by atoms with Crippen LogP contribution in [0.3, 0.4) is 0 Å². The van der Waals surface area contributed by atoms with E-state index >= 15 is 0 Å². The Kier molecular flexibility index (Phi) is 5.75. The zero-order valence-corrected chi connectivity index (χ0v) is 18.1. The molecule has 4 heteroatoms. The fourth-order valence-electron chi connectivity index (χ4n) is 5.38. The van der Waals surface area contributed by atoms with Crippen LogP contribution in [-0.4, -0.2) is 36.1 Å². The topological polar surface area (TPSA) is 34.6 Å². The van der Waals surface area contributed by atoms with Gasteiger partial charge in [-0.1, -0.05) is 36.4 Å². The third kappa shape index (κ3) is 3.98. The maximum atomic E-state index is 6.72. The largest absolute Gasteiger partial charge is 0.497 e. The molecule has 160 valence electrons. The van der Waals surface area contributed by atoms with Crippen LogP contribution in [0.5, 0.6) is 5.75 Å². The minimum atomic E-state index is -0.0219. The SMILES string of the molecule is C=CC1CN2CCC1CC2[C@@H](OCc1ccccc1)c1ccnc2ccc(OC)cc12. The van der Waals surface area contributed by atoms with Gasteiger partial charge in [0.15, 0.2) is 0 Å². The molecule has 4 unspecified atom stereocenters. The van der Waals surface area contributed by atoms with Crippen molar-refractivity contribution in [3.05, 3.63) is 84.6 Å². The number of hydrogen-bond acceptors (Lipinski definition) is 4. The van der Waals surface area contributed by atoms with Gasteiger partial charge in [-0.3, -0.25) is 9.88 Å². The summed E-state index contributed by atoms with van der Waals surface area (Å²) in [5, 5.41) is 1.11. The molecule has 4 nitrogen and oxygen atoms in total. The molecular weight excluding hydrogens is 384 g/mol. The summed E-state index contributed by atoms with van der Waals surface area (Å²) in [4.78, 5) is 7.22. The van der Waals surface area contributed by atoms with Gasteiger partial charge in [0.1, 0.15) is 5.75 Å². The van der Waals surface area contributed by atoms with E-state index in [9.17, 15) is 0 Å². The summed E-state index contributed by atoms with van der Waals surface area (Å²) in [6.45, 7) is 6.90. The third-order valence-electron chi connectivity index (χ3n) is 7.06. The number of fused-ring (bicyclic) bond motifs is 4. The summed E-state index contributed by atoms with van der Waals surface area (Å²) in [7, 11) is 1.71. The normalized spacial score (nSPS) is 26.0. The maximum absolute atomic E-state index is 6.72. The fourth-order valence-corrected chi connectivity index (χ4v) is 5.38. The molecule has 3 fully saturated rings. The summed E-state index contributed by atoms with van der Waals surface area (Å²) in [6.07, 6.45) is 6.44. The first-order valence-corrected chi connectivity index (χ1v) is 11.2. The quantitative estimate of drug-likeness (QED) is 0.485. The summed E-state index contributed by atoms with van der Waals surface area (Å²) >= 11 is 0. The number of pyridine rings is 1. The average molecular weight is 415 g/mol. The van der Waals surface area contributed by atoms with Crippen LogP contribution in [0.1, 0.15) is 30.1 Å². The Bertz CT molecular complexity index is 1050. The number of benzene rings is 2. The van der Waals surface area contributed by atoms with Crippen molar-refractivity contribution >= 4 is 10.9 Å². The summed E-state index contributed by atoms with van der Waals surface area (Å²) in [5.41, 5.74) is 3.38. The standard InChI is InChI=1S/C27H30N2O2/c1-3-20-17-29-14-12-21(20)15-26(29)27(31-18-19-7-5-4-6-8-19)23-11-13-28-25-10-9-22(30-2)16-24(23)25/h3-11,13,16,20-21,26-27H,1,12,14-15,17-18H2,2H3/t20?,21?,26?,27-/m0/s1. The number of nitrogens with zero attached hydrogens (tertiary/aromatic N) is 2. The van der Waals surface area contributed by atoms with Crippen molar-refractivity contribution in [1.82, 2.24) is 9.88 Å². The van der Waals surface area contributed by atoms with Gasteiger partial charge < -0.3 is 9.47 Å². The van der Waals surface area contributed by atoms with Crippen molar-refractivity contribution in [2.45, 2.75) is 31.6 Å². The second kappa shape index (κ2) is 8.81. The van der Waals surface area contributed by atoms with Gasteiger partial charge in [0, 0.05) is 24.2 Å². The molecule has 3 saturated heterocycles. The van der Waals surface area contributed by atoms with Gasteiger partial charge >= 0.3 is 0 Å². The molecule has 2 bridgehead atoms. The van der Waals surface area contributed by atoms with E-state index in [0.717, 1.165) is 36.2 Å². The number of methoxy groups -OCH3 is 1. The highest BCUT2D eigenvalue weighted by molar-refractivity contribution is 5.84. The predicted octanol–water partition coefficient (Wildman–Crippen LogP) is 5.40. The molecule has 0 radical (unpaired) electrons. The summed E-state index contributed by atoms with van der Waals surface area (Å²) in [6, 6.07) is 19.0. The second-order valence-electron chi connectivity index (χ2n) is 8.75. The summed E-state index contributed by atoms with van der Waals surface area (Å²) in [5.74, 6) is 2.13. The van der Waals surface area contributed by atoms with Crippen molar-refractivity contribution in [3.8, 4) is 5.75 Å². The number of aromatic nitrogens is 1. The van der Waals surface area contributed by atoms with Gasteiger partial charge in [0.2, 0.25) is 0 Å². The Morgan fingerprint density at radius 2 is 2.06 bits per heavy atom. The van der Waals surface area contributed by atoms with Crippen LogP contribution in [0.15, 0.2) is 73.4 Å². The molecule has 0 N–H and O–H groups in total. The molecule has 0 aliphatic carbocycles. The lowest BCUT2D eigenvalue weighted by Gasteiger charge is -2.51. The molecule has 3 aliphatic rings. The first kappa shape index (κ1) is 20.2. The lowest BCUT2D eigenvalue weighted by atomic mass is 9.73. The van der Waals surface area contributed by atoms with Crippen molar-refractivity contribution in [2.75, 3.05) is 20.2 Å². The Morgan fingerprint density at radius 3 is 2.81 bits per heavy atom. The molecule has 1 aromatic heterocycles. The zero-order valence-electron chi connectivity index (χ0n) is 18.1. The van der Waals surface area contributed by atoms with Gasteiger partial charge in [-0.2, -0.15) is 0 Å². The van der Waals surface area contributed by atoms with E-state index in [1.165, 1.54) is 17.5 Å². The van der Waals surface area contributed by atoms with Crippen LogP contribution < -0.4 is 4.74 Å². The van der Waals surface area contributed by atoms with E-state index in [1.54, 1.807) is 7.11 Å². The summed E-state index contributed by atoms with van der Waals surface area (Å²) < 4.78 is 12.2. The highest BCUT2D eigenvalue weighted by Crippen LogP contribution is 2.43. The number of hydrogen-bond donors (Lipinski definition) is 0. The highest BCUT2D eigenvalue weighted by atomic mass is 16.5. The lowest BCUT2D eigenvalue weighted by molar-refractivity contribution is -0.0803. The first-order valence-electron chi connectivity index (χ1n) is 11.2. The van der Waals surface area contributed by atoms with Crippen LogP contribution in [0, 0.1) is 11.8 Å². The number of rotatable bonds is 7. The molecule has 3 aromatic rings. The first-order chi connectivity index (χ1) is 15.3. The van der Waals surface area contributed by atoms with E-state index in [4.69, 9.17) is 9.47 Å². The Labute approximate surface area is 184 Å². The molecular formula is C27H30N2O2. The number of ether oxygens (including phenoxy) is 2. The minimum Gasteiger partial charge on any atom is -0.497 e. The predicted molar refractivity (Wildman–Crippen MR) is 124 cm³/mol. The molecule has 4 heterocycles. The molecule has 0 amide bonds. The molecule has 31 heavy (non-hydrogen) atoms. The van der Waals surface area contributed by atoms with Crippen molar-refractivity contribution in [2.24, 2.45) is 11.8 Å². The molecule has 6 rings (SSSR count). The third-order valence-corrected chi connectivity index (χ3v) is 7.06. The van der Waals surface area contributed by atoms with E-state index in [2.05, 4.69) is 58.9 Å². The second-order valence-corrected chi connectivity index (χ2v) is 8.75. The maximum Gasteiger partial charge on any atom is 0.119 e. The minimum absolute atomic E-state index is 0.0219. The Hall–Kier alpha value is -2.69. The smallest absolute Gasteiger partial charge is 0.119 e. The van der Waals surface area contributed by atoms with Gasteiger partial charge in [-0.05, 0) is 66.6 Å². The van der Waals surface area contributed by atoms with Gasteiger partial charge in [-0.25, -0.2) is 0 Å². The fraction of sp³-hybridized carbons (Fsp3) is 0.370. The lowest BCUT2D eigenvalue weighted by Crippen LogP contribution is -2.55. The monoisotopic (exact) mass is 414 g/mol. The molecule has 2 aromatic carbocycles. The average Bonchev–Trinajstić information content (AvgIpc) is 2.85. The van der Waals surface area contributed by atoms with Gasteiger partial charge in [-0.15, -0.1) is 6.58 Å². The Balaban J connectivity index is 1.53. The molecule has 0 spiro atoms. The zero-order chi connectivity index (χ0) is 21.2. The van der Waals surface area contributed by atoms with E-state index in [1.807, 2.05) is 24.4 Å². The van der Waals surface area contributed by atoms with Crippen LogP contribution in [0.2, 0.25) is 0 Å². The van der Waals surface area contributed by atoms with E-state index < -0.39 is 0 Å². The van der Waals surface area contributed by atoms with E-state index in [-0.39, 0.29) is 6.10 Å². The van der Waals surface area contributed by atoms with Crippen LogP contribution in [-0.2, 0) is 11.3 Å². The van der Waals surface area contributed by atoms with E-state index in [0.29, 0.717) is 24.5 Å². The number of piperidine rings is 3. The van der Waals surface area contributed by atoms with Crippen LogP contribution in [0.4, 0.5) is 0 Å². The van der Waals surface area contributed by atoms with Crippen LogP contribution >= 0.6 is 0 Å². The molecule has 0 saturated carbocycles.